The van der Waals surface area contributed by atoms with Crippen LogP contribution in [0.5, 0.6) is 0 Å². The van der Waals surface area contributed by atoms with Crippen LogP contribution in [-0.2, 0) is 11.2 Å². The molecule has 1 atom stereocenters. The van der Waals surface area contributed by atoms with E-state index in [0.29, 0.717) is 17.9 Å². The number of hydrogen-bond acceptors (Lipinski definition) is 4. The maximum Gasteiger partial charge on any atom is 0.252 e. The summed E-state index contributed by atoms with van der Waals surface area (Å²) in [6.45, 7) is 2.65. The van der Waals surface area contributed by atoms with Crippen molar-refractivity contribution in [1.29, 1.82) is 0 Å². The fourth-order valence-electron chi connectivity index (χ4n) is 3.60. The number of rotatable bonds is 6. The molecule has 6 heteroatoms. The zero-order valence-electron chi connectivity index (χ0n) is 16.7. The zero-order chi connectivity index (χ0) is 20.9. The lowest BCUT2D eigenvalue weighted by atomic mass is 10.1. The van der Waals surface area contributed by atoms with Gasteiger partial charge in [0.1, 0.15) is 0 Å². The molecule has 0 saturated carbocycles. The smallest absolute Gasteiger partial charge is 0.252 e. The number of amides is 2. The van der Waals surface area contributed by atoms with Crippen molar-refractivity contribution in [3.05, 3.63) is 89.7 Å². The first-order valence-electron chi connectivity index (χ1n) is 9.94. The number of fused-ring (bicyclic) bond motifs is 1. The highest BCUT2D eigenvalue weighted by atomic mass is 32.2. The predicted octanol–water partition coefficient (Wildman–Crippen LogP) is 4.25. The third-order valence-corrected chi connectivity index (χ3v) is 6.28. The maximum atomic E-state index is 12.9. The lowest BCUT2D eigenvalue weighted by Crippen LogP contribution is -2.30. The first kappa shape index (κ1) is 20.2. The van der Waals surface area contributed by atoms with E-state index in [0.717, 1.165) is 22.6 Å². The number of anilines is 1. The van der Waals surface area contributed by atoms with Crippen molar-refractivity contribution in [2.24, 2.45) is 0 Å². The van der Waals surface area contributed by atoms with Gasteiger partial charge in [-0.3, -0.25) is 14.6 Å². The van der Waals surface area contributed by atoms with Crippen LogP contribution in [0.15, 0.2) is 78.0 Å². The molecule has 0 radical (unpaired) electrons. The van der Waals surface area contributed by atoms with Crippen molar-refractivity contribution in [3.63, 3.8) is 0 Å². The van der Waals surface area contributed by atoms with E-state index in [-0.39, 0.29) is 17.9 Å². The maximum absolute atomic E-state index is 12.9. The zero-order valence-corrected chi connectivity index (χ0v) is 17.6. The van der Waals surface area contributed by atoms with Crippen LogP contribution >= 0.6 is 11.8 Å². The molecule has 152 valence electrons. The first-order chi connectivity index (χ1) is 14.6. The van der Waals surface area contributed by atoms with Gasteiger partial charge in [-0.25, -0.2) is 0 Å². The Bertz CT molecular complexity index is 1060. The van der Waals surface area contributed by atoms with E-state index in [4.69, 9.17) is 0 Å². The van der Waals surface area contributed by atoms with Crippen LogP contribution < -0.4 is 10.2 Å². The Labute approximate surface area is 180 Å². The number of aromatic nitrogens is 1. The standard InChI is InChI=1S/C24H23N3O2S/c1-17(18-10-13-25-14-11-18)26-24(29)20-7-3-5-9-22(20)30-16-23(28)27-15-12-19-6-2-4-8-21(19)27/h2-11,13-14,17H,12,15-16H2,1H3,(H,26,29). The Morgan fingerprint density at radius 3 is 2.63 bits per heavy atom. The molecular weight excluding hydrogens is 394 g/mol. The lowest BCUT2D eigenvalue weighted by molar-refractivity contribution is -0.116. The fourth-order valence-corrected chi connectivity index (χ4v) is 4.53. The highest BCUT2D eigenvalue weighted by Gasteiger charge is 2.24. The number of hydrogen-bond donors (Lipinski definition) is 1. The molecule has 5 nitrogen and oxygen atoms in total. The molecule has 0 aliphatic carbocycles. The van der Waals surface area contributed by atoms with Crippen molar-refractivity contribution in [2.45, 2.75) is 24.3 Å². The van der Waals surface area contributed by atoms with Crippen molar-refractivity contribution in [2.75, 3.05) is 17.2 Å². The summed E-state index contributed by atoms with van der Waals surface area (Å²) in [6.07, 6.45) is 4.31. The van der Waals surface area contributed by atoms with Crippen molar-refractivity contribution >= 4 is 29.3 Å². The molecule has 0 bridgehead atoms. The van der Waals surface area contributed by atoms with E-state index in [1.165, 1.54) is 17.3 Å². The molecule has 0 saturated heterocycles. The topological polar surface area (TPSA) is 62.3 Å². The van der Waals surface area contributed by atoms with Crippen LogP contribution in [0.4, 0.5) is 5.69 Å². The summed E-state index contributed by atoms with van der Waals surface area (Å²) in [4.78, 5) is 32.4. The van der Waals surface area contributed by atoms with Gasteiger partial charge in [0.2, 0.25) is 5.91 Å². The van der Waals surface area contributed by atoms with Gasteiger partial charge in [-0.2, -0.15) is 0 Å². The molecule has 1 unspecified atom stereocenters. The number of carbonyl (C=O) groups excluding carboxylic acids is 2. The Balaban J connectivity index is 1.42. The number of benzene rings is 2. The van der Waals surface area contributed by atoms with Gasteiger partial charge in [0, 0.05) is 29.5 Å². The number of nitrogens with zero attached hydrogens (tertiary/aromatic N) is 2. The third-order valence-electron chi connectivity index (χ3n) is 5.22. The Morgan fingerprint density at radius 1 is 1.07 bits per heavy atom. The third kappa shape index (κ3) is 4.39. The Hall–Kier alpha value is -3.12. The van der Waals surface area contributed by atoms with Crippen LogP contribution in [0.3, 0.4) is 0 Å². The minimum Gasteiger partial charge on any atom is -0.345 e. The minimum atomic E-state index is -0.152. The van der Waals surface area contributed by atoms with E-state index in [9.17, 15) is 9.59 Å². The van der Waals surface area contributed by atoms with Crippen LogP contribution in [-0.4, -0.2) is 29.1 Å². The SMILES string of the molecule is CC(NC(=O)c1ccccc1SCC(=O)N1CCc2ccccc21)c1ccncc1. The van der Waals surface area contributed by atoms with E-state index in [1.807, 2.05) is 60.4 Å². The van der Waals surface area contributed by atoms with Crippen molar-refractivity contribution in [3.8, 4) is 0 Å². The van der Waals surface area contributed by atoms with Gasteiger partial charge in [0.15, 0.2) is 0 Å². The summed E-state index contributed by atoms with van der Waals surface area (Å²) in [5.41, 5.74) is 3.78. The van der Waals surface area contributed by atoms with Crippen LogP contribution in [0.2, 0.25) is 0 Å². The monoisotopic (exact) mass is 417 g/mol. The normalized spacial score (nSPS) is 13.6. The molecular formula is C24H23N3O2S. The average Bonchev–Trinajstić information content (AvgIpc) is 3.22. The Morgan fingerprint density at radius 2 is 1.80 bits per heavy atom. The van der Waals surface area contributed by atoms with E-state index in [1.54, 1.807) is 18.5 Å². The lowest BCUT2D eigenvalue weighted by Gasteiger charge is -2.18. The van der Waals surface area contributed by atoms with Gasteiger partial charge in [0.05, 0.1) is 17.4 Å². The first-order valence-corrected chi connectivity index (χ1v) is 10.9. The molecule has 2 heterocycles. The molecule has 1 N–H and O–H groups in total. The molecule has 0 fully saturated rings. The summed E-state index contributed by atoms with van der Waals surface area (Å²) < 4.78 is 0. The van der Waals surface area contributed by atoms with Gasteiger partial charge in [-0.15, -0.1) is 11.8 Å². The van der Waals surface area contributed by atoms with Crippen LogP contribution in [0.25, 0.3) is 0 Å². The van der Waals surface area contributed by atoms with E-state index < -0.39 is 0 Å². The number of thioether (sulfide) groups is 1. The fraction of sp³-hybridized carbons (Fsp3) is 0.208. The van der Waals surface area contributed by atoms with Gasteiger partial charge < -0.3 is 10.2 Å². The van der Waals surface area contributed by atoms with Gasteiger partial charge in [-0.05, 0) is 54.8 Å². The molecule has 30 heavy (non-hydrogen) atoms. The molecule has 3 aromatic rings. The second-order valence-corrected chi connectivity index (χ2v) is 8.20. The second-order valence-electron chi connectivity index (χ2n) is 7.18. The van der Waals surface area contributed by atoms with Crippen molar-refractivity contribution in [1.82, 2.24) is 10.3 Å². The summed E-state index contributed by atoms with van der Waals surface area (Å²) in [5, 5.41) is 3.03. The molecule has 2 amide bonds. The summed E-state index contributed by atoms with van der Waals surface area (Å²) in [5.74, 6) is 0.199. The molecule has 0 spiro atoms. The molecule has 1 aliphatic heterocycles. The molecule has 1 aromatic heterocycles. The quantitative estimate of drug-likeness (QED) is 0.609. The minimum absolute atomic E-state index is 0.0605. The van der Waals surface area contributed by atoms with Crippen LogP contribution in [0, 0.1) is 0 Å². The highest BCUT2D eigenvalue weighted by Crippen LogP contribution is 2.30. The number of pyridine rings is 1. The molecule has 2 aromatic carbocycles. The van der Waals surface area contributed by atoms with Gasteiger partial charge in [-0.1, -0.05) is 30.3 Å². The largest absolute Gasteiger partial charge is 0.345 e. The van der Waals surface area contributed by atoms with E-state index in [2.05, 4.69) is 16.4 Å². The number of nitrogens with one attached hydrogen (secondary N) is 1. The molecule has 1 aliphatic rings. The summed E-state index contributed by atoms with van der Waals surface area (Å²) >= 11 is 1.41. The number of carbonyl (C=O) groups is 2. The predicted molar refractivity (Wildman–Crippen MR) is 120 cm³/mol. The summed E-state index contributed by atoms with van der Waals surface area (Å²) in [7, 11) is 0. The van der Waals surface area contributed by atoms with Crippen molar-refractivity contribution < 1.29 is 9.59 Å². The molecule has 4 rings (SSSR count). The van der Waals surface area contributed by atoms with E-state index >= 15 is 0 Å². The number of para-hydroxylation sites is 1. The van der Waals surface area contributed by atoms with Gasteiger partial charge >= 0.3 is 0 Å². The summed E-state index contributed by atoms with van der Waals surface area (Å²) in [6, 6.07) is 19.1. The highest BCUT2D eigenvalue weighted by molar-refractivity contribution is 8.00. The Kier molecular flexibility index (Phi) is 6.14. The second kappa shape index (κ2) is 9.13. The van der Waals surface area contributed by atoms with Gasteiger partial charge in [0.25, 0.3) is 5.91 Å². The van der Waals surface area contributed by atoms with Crippen LogP contribution in [0.1, 0.15) is 34.5 Å². The average molecular weight is 418 g/mol.